The molecule has 3 N–H and O–H groups in total. The van der Waals surface area contributed by atoms with Crippen molar-refractivity contribution in [3.05, 3.63) is 0 Å². The van der Waals surface area contributed by atoms with Crippen LogP contribution < -0.4 is 11.1 Å². The molecule has 2 unspecified atom stereocenters. The van der Waals surface area contributed by atoms with Crippen LogP contribution in [0, 0.1) is 11.8 Å². The van der Waals surface area contributed by atoms with Gasteiger partial charge < -0.3 is 20.5 Å². The van der Waals surface area contributed by atoms with Crippen LogP contribution in [0.2, 0.25) is 0 Å². The molecule has 1 amide bonds. The molecule has 1 saturated carbocycles. The smallest absolute Gasteiger partial charge is 0.246 e. The molecule has 0 bridgehead atoms. The highest BCUT2D eigenvalue weighted by Crippen LogP contribution is 2.31. The van der Waals surface area contributed by atoms with Crippen molar-refractivity contribution in [2.45, 2.75) is 25.3 Å². The highest BCUT2D eigenvalue weighted by Gasteiger charge is 2.28. The summed E-state index contributed by atoms with van der Waals surface area (Å²) in [4.78, 5) is 11.4. The second-order valence-electron chi connectivity index (χ2n) is 5.05. The van der Waals surface area contributed by atoms with Crippen molar-refractivity contribution in [2.24, 2.45) is 17.6 Å². The van der Waals surface area contributed by atoms with Gasteiger partial charge in [-0.3, -0.25) is 4.79 Å². The number of hydrogen-bond acceptors (Lipinski definition) is 4. The molecule has 5 nitrogen and oxygen atoms in total. The van der Waals surface area contributed by atoms with Gasteiger partial charge in [-0.2, -0.15) is 0 Å². The highest BCUT2D eigenvalue weighted by atomic mass is 35.5. The van der Waals surface area contributed by atoms with E-state index in [1.807, 2.05) is 0 Å². The Balaban J connectivity index is 0.00000162. The summed E-state index contributed by atoms with van der Waals surface area (Å²) in [5, 5.41) is 2.81. The monoisotopic (exact) mass is 278 g/mol. The number of ether oxygens (including phenoxy) is 2. The second-order valence-corrected chi connectivity index (χ2v) is 5.05. The van der Waals surface area contributed by atoms with Crippen LogP contribution in [-0.4, -0.2) is 44.9 Å². The zero-order valence-corrected chi connectivity index (χ0v) is 11.4. The first-order valence-corrected chi connectivity index (χ1v) is 6.43. The number of carbonyl (C=O) groups is 1. The van der Waals surface area contributed by atoms with E-state index in [-0.39, 0.29) is 31.0 Å². The predicted octanol–water partition coefficient (Wildman–Crippen LogP) is 0.315. The van der Waals surface area contributed by atoms with Crippen LogP contribution in [0.4, 0.5) is 0 Å². The van der Waals surface area contributed by atoms with Crippen LogP contribution in [-0.2, 0) is 14.3 Å². The Morgan fingerprint density at radius 2 is 2.22 bits per heavy atom. The maximum atomic E-state index is 11.4. The molecule has 1 heterocycles. The molecule has 1 aliphatic carbocycles. The van der Waals surface area contributed by atoms with Gasteiger partial charge in [0.25, 0.3) is 0 Å². The van der Waals surface area contributed by atoms with Gasteiger partial charge in [-0.1, -0.05) is 0 Å². The summed E-state index contributed by atoms with van der Waals surface area (Å²) in [7, 11) is 0. The van der Waals surface area contributed by atoms with Gasteiger partial charge in [0.2, 0.25) is 5.91 Å². The lowest BCUT2D eigenvalue weighted by Gasteiger charge is -2.12. The third-order valence-corrected chi connectivity index (χ3v) is 3.37. The molecule has 2 aliphatic rings. The normalized spacial score (nSPS) is 24.4. The lowest BCUT2D eigenvalue weighted by Crippen LogP contribution is -2.40. The first-order valence-electron chi connectivity index (χ1n) is 6.43. The fourth-order valence-electron chi connectivity index (χ4n) is 2.01. The Bertz CT molecular complexity index is 256. The zero-order valence-electron chi connectivity index (χ0n) is 10.6. The van der Waals surface area contributed by atoms with E-state index in [1.165, 1.54) is 12.8 Å². The van der Waals surface area contributed by atoms with E-state index in [1.54, 1.807) is 0 Å². The first kappa shape index (κ1) is 15.7. The largest absolute Gasteiger partial charge is 0.381 e. The van der Waals surface area contributed by atoms with Crippen molar-refractivity contribution in [1.29, 1.82) is 0 Å². The quantitative estimate of drug-likeness (QED) is 0.703. The minimum Gasteiger partial charge on any atom is -0.381 e. The number of rotatable bonds is 7. The fourth-order valence-corrected chi connectivity index (χ4v) is 2.01. The first-order chi connectivity index (χ1) is 8.25. The summed E-state index contributed by atoms with van der Waals surface area (Å²) in [6.45, 7) is 2.89. The zero-order chi connectivity index (χ0) is 12.1. The van der Waals surface area contributed by atoms with Crippen LogP contribution >= 0.6 is 12.4 Å². The molecule has 0 spiro atoms. The van der Waals surface area contributed by atoms with E-state index >= 15 is 0 Å². The van der Waals surface area contributed by atoms with Gasteiger partial charge >= 0.3 is 0 Å². The van der Waals surface area contributed by atoms with Gasteiger partial charge in [-0.05, 0) is 25.2 Å². The third kappa shape index (κ3) is 5.52. The van der Waals surface area contributed by atoms with Crippen LogP contribution in [0.15, 0.2) is 0 Å². The third-order valence-electron chi connectivity index (χ3n) is 3.37. The average molecular weight is 279 g/mol. The molecule has 1 aliphatic heterocycles. The van der Waals surface area contributed by atoms with E-state index < -0.39 is 0 Å². The Morgan fingerprint density at radius 3 is 2.83 bits per heavy atom. The average Bonchev–Trinajstić information content (AvgIpc) is 3.05. The van der Waals surface area contributed by atoms with Gasteiger partial charge in [-0.15, -0.1) is 12.4 Å². The van der Waals surface area contributed by atoms with E-state index in [2.05, 4.69) is 5.32 Å². The van der Waals surface area contributed by atoms with Crippen LogP contribution in [0.25, 0.3) is 0 Å². The van der Waals surface area contributed by atoms with Crippen molar-refractivity contribution in [3.8, 4) is 0 Å². The molecule has 106 valence electrons. The van der Waals surface area contributed by atoms with E-state index in [0.29, 0.717) is 25.0 Å². The predicted molar refractivity (Wildman–Crippen MR) is 70.7 cm³/mol. The minimum atomic E-state index is -0.0694. The van der Waals surface area contributed by atoms with Crippen LogP contribution in [0.1, 0.15) is 19.3 Å². The van der Waals surface area contributed by atoms with E-state index in [9.17, 15) is 4.79 Å². The second kappa shape index (κ2) is 7.94. The number of carbonyl (C=O) groups excluding carboxylic acids is 1. The van der Waals surface area contributed by atoms with Crippen molar-refractivity contribution in [2.75, 3.05) is 33.0 Å². The lowest BCUT2D eigenvalue weighted by atomic mass is 10.1. The van der Waals surface area contributed by atoms with Crippen molar-refractivity contribution < 1.29 is 14.3 Å². The molecule has 18 heavy (non-hydrogen) atoms. The Morgan fingerprint density at radius 1 is 1.44 bits per heavy atom. The lowest BCUT2D eigenvalue weighted by molar-refractivity contribution is -0.126. The summed E-state index contributed by atoms with van der Waals surface area (Å²) in [5.41, 5.74) is 5.88. The van der Waals surface area contributed by atoms with Crippen molar-refractivity contribution >= 4 is 18.3 Å². The minimum absolute atomic E-state index is 0. The molecule has 0 aromatic rings. The number of nitrogens with two attached hydrogens (primary N) is 1. The van der Waals surface area contributed by atoms with Crippen molar-refractivity contribution in [1.82, 2.24) is 5.32 Å². The number of halogens is 1. The molecule has 1 saturated heterocycles. The molecule has 2 atom stereocenters. The van der Waals surface area contributed by atoms with Crippen LogP contribution in [0.5, 0.6) is 0 Å². The van der Waals surface area contributed by atoms with E-state index in [4.69, 9.17) is 15.2 Å². The Labute approximate surface area is 114 Å². The molecule has 2 rings (SSSR count). The Kier molecular flexibility index (Phi) is 6.92. The SMILES string of the molecule is Cl.NC(CNC(=O)COCC1CCOC1)C1CC1. The maximum absolute atomic E-state index is 11.4. The standard InChI is InChI=1S/C12H22N2O3.ClH/c13-11(10-1-2-10)5-14-12(15)8-17-7-9-3-4-16-6-9;/h9-11H,1-8,13H2,(H,14,15);1H. The molecule has 0 radical (unpaired) electrons. The van der Waals surface area contributed by atoms with Gasteiger partial charge in [0.05, 0.1) is 13.2 Å². The summed E-state index contributed by atoms with van der Waals surface area (Å²) < 4.78 is 10.6. The summed E-state index contributed by atoms with van der Waals surface area (Å²) in [6, 6.07) is 0.113. The van der Waals surface area contributed by atoms with Crippen LogP contribution in [0.3, 0.4) is 0 Å². The van der Waals surface area contributed by atoms with Crippen molar-refractivity contribution in [3.63, 3.8) is 0 Å². The number of nitrogens with one attached hydrogen (secondary N) is 1. The maximum Gasteiger partial charge on any atom is 0.246 e. The van der Waals surface area contributed by atoms with E-state index in [0.717, 1.165) is 19.6 Å². The number of amides is 1. The van der Waals surface area contributed by atoms with Gasteiger partial charge in [0.15, 0.2) is 0 Å². The number of hydrogen-bond donors (Lipinski definition) is 2. The topological polar surface area (TPSA) is 73.6 Å². The Hall–Kier alpha value is -0.360. The molecular weight excluding hydrogens is 256 g/mol. The van der Waals surface area contributed by atoms with Gasteiger partial charge in [0.1, 0.15) is 6.61 Å². The summed E-state index contributed by atoms with van der Waals surface area (Å²) >= 11 is 0. The summed E-state index contributed by atoms with van der Waals surface area (Å²) in [6.07, 6.45) is 3.44. The summed E-state index contributed by atoms with van der Waals surface area (Å²) in [5.74, 6) is 1.00. The molecule has 2 fully saturated rings. The van der Waals surface area contributed by atoms with Gasteiger partial charge in [0, 0.05) is 25.1 Å². The molecule has 0 aromatic heterocycles. The fraction of sp³-hybridized carbons (Fsp3) is 0.917. The molecule has 0 aromatic carbocycles. The molecular formula is C12H23ClN2O3. The molecule has 6 heteroatoms. The highest BCUT2D eigenvalue weighted by molar-refractivity contribution is 5.85. The van der Waals surface area contributed by atoms with Gasteiger partial charge in [-0.25, -0.2) is 0 Å².